The fourth-order valence-corrected chi connectivity index (χ4v) is 2.73. The van der Waals surface area contributed by atoms with Crippen molar-refractivity contribution in [2.45, 2.75) is 44.8 Å². The van der Waals surface area contributed by atoms with E-state index in [2.05, 4.69) is 27.8 Å². The summed E-state index contributed by atoms with van der Waals surface area (Å²) in [5.41, 5.74) is 2.56. The molecule has 0 bridgehead atoms. The van der Waals surface area contributed by atoms with Crippen molar-refractivity contribution < 1.29 is 4.79 Å². The molecule has 1 aromatic carbocycles. The van der Waals surface area contributed by atoms with Gasteiger partial charge in [0.2, 0.25) is 5.91 Å². The lowest BCUT2D eigenvalue weighted by atomic mass is 10.1. The van der Waals surface area contributed by atoms with E-state index in [1.165, 1.54) is 24.0 Å². The van der Waals surface area contributed by atoms with Crippen LogP contribution in [0, 0.1) is 0 Å². The number of hydrogen-bond acceptors (Lipinski definition) is 2. The second-order valence-electron chi connectivity index (χ2n) is 6.04. The summed E-state index contributed by atoms with van der Waals surface area (Å²) in [6, 6.07) is 8.88. The van der Waals surface area contributed by atoms with E-state index in [1.807, 2.05) is 17.0 Å². The van der Waals surface area contributed by atoms with Crippen LogP contribution in [-0.4, -0.2) is 36.4 Å². The fraction of sp³-hybridized carbons (Fsp3) is 0.529. The van der Waals surface area contributed by atoms with Crippen molar-refractivity contribution in [3.63, 3.8) is 0 Å². The van der Waals surface area contributed by atoms with Crippen molar-refractivity contribution in [2.24, 2.45) is 4.99 Å². The van der Waals surface area contributed by atoms with Gasteiger partial charge in [-0.25, -0.2) is 0 Å². The van der Waals surface area contributed by atoms with E-state index >= 15 is 0 Å². The highest BCUT2D eigenvalue weighted by Gasteiger charge is 2.23. The molecular weight excluding hydrogens is 276 g/mol. The number of aliphatic imine (C=N–C) groups is 1. The maximum absolute atomic E-state index is 12.3. The molecule has 0 radical (unpaired) electrons. The molecule has 0 spiro atoms. The van der Waals surface area contributed by atoms with Crippen LogP contribution in [0.5, 0.6) is 0 Å². The van der Waals surface area contributed by atoms with Crippen LogP contribution < -0.4 is 10.6 Å². The molecule has 0 saturated heterocycles. The summed E-state index contributed by atoms with van der Waals surface area (Å²) in [5, 5.41) is 6.61. The number of amides is 1. The number of nitrogens with zero attached hydrogens (tertiary/aromatic N) is 2. The molecule has 1 aliphatic heterocycles. The van der Waals surface area contributed by atoms with E-state index in [9.17, 15) is 4.79 Å². The topological polar surface area (TPSA) is 56.7 Å². The molecule has 2 N–H and O–H groups in total. The minimum Gasteiger partial charge on any atom is -0.356 e. The molecule has 5 heteroatoms. The van der Waals surface area contributed by atoms with Gasteiger partial charge < -0.3 is 15.5 Å². The zero-order valence-electron chi connectivity index (χ0n) is 13.1. The van der Waals surface area contributed by atoms with Gasteiger partial charge in [0.15, 0.2) is 5.96 Å². The van der Waals surface area contributed by atoms with Crippen LogP contribution in [-0.2, 0) is 17.9 Å². The zero-order valence-corrected chi connectivity index (χ0v) is 13.1. The SMILES string of the molecule is CN=C(NCCCC(=O)N1Cc2ccccc2C1)NC1CC1. The summed E-state index contributed by atoms with van der Waals surface area (Å²) in [5.74, 6) is 1.09. The molecule has 1 aromatic rings. The summed E-state index contributed by atoms with van der Waals surface area (Å²) < 4.78 is 0. The first kappa shape index (κ1) is 14.9. The molecule has 0 aromatic heterocycles. The summed E-state index contributed by atoms with van der Waals surface area (Å²) in [7, 11) is 1.78. The summed E-state index contributed by atoms with van der Waals surface area (Å²) >= 11 is 0. The Morgan fingerprint density at radius 3 is 2.55 bits per heavy atom. The first-order chi connectivity index (χ1) is 10.8. The minimum atomic E-state index is 0.239. The quantitative estimate of drug-likeness (QED) is 0.494. The van der Waals surface area contributed by atoms with Gasteiger partial charge in [0, 0.05) is 39.1 Å². The monoisotopic (exact) mass is 300 g/mol. The van der Waals surface area contributed by atoms with Crippen molar-refractivity contribution >= 4 is 11.9 Å². The highest BCUT2D eigenvalue weighted by atomic mass is 16.2. The van der Waals surface area contributed by atoms with E-state index in [1.54, 1.807) is 7.05 Å². The number of rotatable bonds is 5. The van der Waals surface area contributed by atoms with Crippen molar-refractivity contribution in [1.82, 2.24) is 15.5 Å². The number of benzene rings is 1. The van der Waals surface area contributed by atoms with Crippen LogP contribution in [0.25, 0.3) is 0 Å². The van der Waals surface area contributed by atoms with Gasteiger partial charge in [0.1, 0.15) is 0 Å². The Bertz CT molecular complexity index is 541. The second-order valence-corrected chi connectivity index (χ2v) is 6.04. The van der Waals surface area contributed by atoms with E-state index in [4.69, 9.17) is 0 Å². The smallest absolute Gasteiger partial charge is 0.223 e. The Morgan fingerprint density at radius 2 is 1.95 bits per heavy atom. The standard InChI is InChI=1S/C17H24N4O/c1-18-17(20-15-8-9-15)19-10-4-7-16(22)21-11-13-5-2-3-6-14(13)12-21/h2-3,5-6,15H,4,7-12H2,1H3,(H2,18,19,20). The summed E-state index contributed by atoms with van der Waals surface area (Å²) in [6.45, 7) is 2.29. The first-order valence-corrected chi connectivity index (χ1v) is 8.08. The van der Waals surface area contributed by atoms with Gasteiger partial charge in [-0.1, -0.05) is 24.3 Å². The molecule has 1 heterocycles. The van der Waals surface area contributed by atoms with Crippen molar-refractivity contribution in [3.8, 4) is 0 Å². The molecule has 1 saturated carbocycles. The average molecular weight is 300 g/mol. The Kier molecular flexibility index (Phi) is 4.61. The Morgan fingerprint density at radius 1 is 1.27 bits per heavy atom. The normalized spacial score (nSPS) is 17.3. The molecule has 2 aliphatic rings. The lowest BCUT2D eigenvalue weighted by molar-refractivity contribution is -0.131. The first-order valence-electron chi connectivity index (χ1n) is 8.08. The molecule has 0 unspecified atom stereocenters. The molecule has 22 heavy (non-hydrogen) atoms. The highest BCUT2D eigenvalue weighted by molar-refractivity contribution is 5.80. The van der Waals surface area contributed by atoms with Gasteiger partial charge >= 0.3 is 0 Å². The lowest BCUT2D eigenvalue weighted by Gasteiger charge is -2.16. The number of carbonyl (C=O) groups excluding carboxylic acids is 1. The molecular formula is C17H24N4O. The largest absolute Gasteiger partial charge is 0.356 e. The number of carbonyl (C=O) groups is 1. The molecule has 1 amide bonds. The maximum Gasteiger partial charge on any atom is 0.223 e. The van der Waals surface area contributed by atoms with Crippen LogP contribution >= 0.6 is 0 Å². The summed E-state index contributed by atoms with van der Waals surface area (Å²) in [4.78, 5) is 18.4. The number of hydrogen-bond donors (Lipinski definition) is 2. The Balaban J connectivity index is 1.36. The van der Waals surface area contributed by atoms with Crippen LogP contribution in [0.3, 0.4) is 0 Å². The van der Waals surface area contributed by atoms with Gasteiger partial charge in [-0.15, -0.1) is 0 Å². The third-order valence-corrected chi connectivity index (χ3v) is 4.20. The number of fused-ring (bicyclic) bond motifs is 1. The molecule has 1 fully saturated rings. The molecule has 118 valence electrons. The van der Waals surface area contributed by atoms with E-state index in [-0.39, 0.29) is 5.91 Å². The average Bonchev–Trinajstić information content (AvgIpc) is 3.24. The molecule has 5 nitrogen and oxygen atoms in total. The van der Waals surface area contributed by atoms with Crippen LogP contribution in [0.1, 0.15) is 36.8 Å². The van der Waals surface area contributed by atoms with Gasteiger partial charge in [-0.3, -0.25) is 9.79 Å². The van der Waals surface area contributed by atoms with E-state index < -0.39 is 0 Å². The lowest BCUT2D eigenvalue weighted by Crippen LogP contribution is -2.39. The second kappa shape index (κ2) is 6.81. The summed E-state index contributed by atoms with van der Waals surface area (Å²) in [6.07, 6.45) is 3.88. The van der Waals surface area contributed by atoms with Crippen LogP contribution in [0.15, 0.2) is 29.3 Å². The van der Waals surface area contributed by atoms with E-state index in [0.29, 0.717) is 12.5 Å². The highest BCUT2D eigenvalue weighted by Crippen LogP contribution is 2.22. The van der Waals surface area contributed by atoms with E-state index in [0.717, 1.165) is 32.0 Å². The van der Waals surface area contributed by atoms with Gasteiger partial charge in [-0.2, -0.15) is 0 Å². The van der Waals surface area contributed by atoms with Gasteiger partial charge in [0.05, 0.1) is 0 Å². The molecule has 1 aliphatic carbocycles. The maximum atomic E-state index is 12.3. The fourth-order valence-electron chi connectivity index (χ4n) is 2.73. The third kappa shape index (κ3) is 3.78. The van der Waals surface area contributed by atoms with Crippen LogP contribution in [0.4, 0.5) is 0 Å². The molecule has 0 atom stereocenters. The zero-order chi connectivity index (χ0) is 15.4. The predicted molar refractivity (Wildman–Crippen MR) is 87.4 cm³/mol. The van der Waals surface area contributed by atoms with Crippen molar-refractivity contribution in [3.05, 3.63) is 35.4 Å². The minimum absolute atomic E-state index is 0.239. The predicted octanol–water partition coefficient (Wildman–Crippen LogP) is 1.64. The van der Waals surface area contributed by atoms with Crippen molar-refractivity contribution in [1.29, 1.82) is 0 Å². The molecule has 3 rings (SSSR count). The van der Waals surface area contributed by atoms with Gasteiger partial charge in [-0.05, 0) is 30.4 Å². The van der Waals surface area contributed by atoms with Gasteiger partial charge in [0.25, 0.3) is 0 Å². The third-order valence-electron chi connectivity index (χ3n) is 4.20. The van der Waals surface area contributed by atoms with Crippen LogP contribution in [0.2, 0.25) is 0 Å². The Hall–Kier alpha value is -2.04. The number of nitrogens with one attached hydrogen (secondary N) is 2. The van der Waals surface area contributed by atoms with Crippen molar-refractivity contribution in [2.75, 3.05) is 13.6 Å². The number of guanidine groups is 1. The Labute approximate surface area is 131 Å².